The van der Waals surface area contributed by atoms with Crippen molar-refractivity contribution in [2.75, 3.05) is 7.05 Å². The van der Waals surface area contributed by atoms with Crippen LogP contribution in [0.1, 0.15) is 49.9 Å². The molecule has 1 aromatic rings. The molecule has 3 N–H and O–H groups in total. The van der Waals surface area contributed by atoms with Gasteiger partial charge < -0.3 is 20.6 Å². The van der Waals surface area contributed by atoms with Crippen molar-refractivity contribution in [2.45, 2.75) is 45.3 Å². The average molecular weight is 305 g/mol. The van der Waals surface area contributed by atoms with Gasteiger partial charge in [0.05, 0.1) is 6.04 Å². The van der Waals surface area contributed by atoms with E-state index in [1.165, 1.54) is 0 Å². The van der Waals surface area contributed by atoms with E-state index in [4.69, 9.17) is 15.7 Å². The van der Waals surface area contributed by atoms with Crippen molar-refractivity contribution >= 4 is 11.9 Å². The van der Waals surface area contributed by atoms with Crippen LogP contribution < -0.4 is 5.73 Å². The molecule has 1 aliphatic rings. The molecule has 0 fully saturated rings. The standard InChI is InChI=1S/C16H23N3O3/c1-16(2,3)22-15(20)19(4)13-9-8-10-11(13)6-5-7-12(10)14(17)18-21/h5-7,13,21H,8-9H2,1-4H3,(H2,17,18). The topological polar surface area (TPSA) is 88.2 Å². The van der Waals surface area contributed by atoms with E-state index >= 15 is 0 Å². The molecule has 2 rings (SSSR count). The molecule has 1 atom stereocenters. The Bertz CT molecular complexity index is 605. The maximum absolute atomic E-state index is 12.2. The van der Waals surface area contributed by atoms with Gasteiger partial charge in [-0.3, -0.25) is 0 Å². The SMILES string of the molecule is CN(C(=O)OC(C)(C)C)C1CCc2c(/C(N)=N\O)cccc21. The third-order valence-corrected chi connectivity index (χ3v) is 3.77. The number of oxime groups is 1. The minimum Gasteiger partial charge on any atom is -0.444 e. The zero-order valence-corrected chi connectivity index (χ0v) is 13.5. The van der Waals surface area contributed by atoms with E-state index in [1.54, 1.807) is 11.9 Å². The number of amides is 1. The summed E-state index contributed by atoms with van der Waals surface area (Å²) in [4.78, 5) is 13.9. The summed E-state index contributed by atoms with van der Waals surface area (Å²) in [5.74, 6) is 0.0948. The van der Waals surface area contributed by atoms with Crippen LogP contribution in [0.2, 0.25) is 0 Å². The second-order valence-electron chi connectivity index (χ2n) is 6.50. The van der Waals surface area contributed by atoms with Gasteiger partial charge in [-0.1, -0.05) is 23.4 Å². The Labute approximate surface area is 130 Å². The summed E-state index contributed by atoms with van der Waals surface area (Å²) in [5, 5.41) is 12.0. The molecule has 0 spiro atoms. The maximum Gasteiger partial charge on any atom is 0.410 e. The number of carbonyl (C=O) groups excluding carboxylic acids is 1. The van der Waals surface area contributed by atoms with Crippen molar-refractivity contribution in [1.29, 1.82) is 0 Å². The normalized spacial score (nSPS) is 18.0. The first-order chi connectivity index (χ1) is 10.2. The zero-order valence-electron chi connectivity index (χ0n) is 13.5. The van der Waals surface area contributed by atoms with E-state index < -0.39 is 5.60 Å². The molecule has 0 heterocycles. The van der Waals surface area contributed by atoms with Gasteiger partial charge in [0.2, 0.25) is 0 Å². The third kappa shape index (κ3) is 3.16. The molecule has 1 unspecified atom stereocenters. The highest BCUT2D eigenvalue weighted by Crippen LogP contribution is 2.37. The molecule has 0 aromatic heterocycles. The molecule has 120 valence electrons. The third-order valence-electron chi connectivity index (χ3n) is 3.77. The summed E-state index contributed by atoms with van der Waals surface area (Å²) < 4.78 is 5.42. The van der Waals surface area contributed by atoms with E-state index in [2.05, 4.69) is 5.16 Å². The molecule has 0 radical (unpaired) electrons. The molecule has 0 aliphatic heterocycles. The van der Waals surface area contributed by atoms with Crippen molar-refractivity contribution < 1.29 is 14.7 Å². The van der Waals surface area contributed by atoms with Crippen molar-refractivity contribution in [1.82, 2.24) is 4.90 Å². The highest BCUT2D eigenvalue weighted by molar-refractivity contribution is 5.98. The lowest BCUT2D eigenvalue weighted by molar-refractivity contribution is 0.0220. The number of ether oxygens (including phenoxy) is 1. The molecule has 0 bridgehead atoms. The average Bonchev–Trinajstić information content (AvgIpc) is 2.87. The minimum atomic E-state index is -0.525. The first-order valence-electron chi connectivity index (χ1n) is 7.30. The quantitative estimate of drug-likeness (QED) is 0.380. The van der Waals surface area contributed by atoms with Crippen LogP contribution in [0.25, 0.3) is 0 Å². The van der Waals surface area contributed by atoms with E-state index in [0.717, 1.165) is 29.5 Å². The van der Waals surface area contributed by atoms with Crippen LogP contribution in [0.3, 0.4) is 0 Å². The molecule has 1 amide bonds. The lowest BCUT2D eigenvalue weighted by Crippen LogP contribution is -2.36. The number of nitrogens with two attached hydrogens (primary N) is 1. The second-order valence-corrected chi connectivity index (χ2v) is 6.50. The minimum absolute atomic E-state index is 0.0590. The van der Waals surface area contributed by atoms with Crippen LogP contribution in [0.5, 0.6) is 0 Å². The Hall–Kier alpha value is -2.24. The van der Waals surface area contributed by atoms with Gasteiger partial charge in [0.15, 0.2) is 5.84 Å². The van der Waals surface area contributed by atoms with Crippen molar-refractivity contribution in [3.8, 4) is 0 Å². The first-order valence-corrected chi connectivity index (χ1v) is 7.30. The molecular weight excluding hydrogens is 282 g/mol. The molecule has 6 heteroatoms. The molecule has 0 saturated carbocycles. The summed E-state index contributed by atoms with van der Waals surface area (Å²) in [5.41, 5.74) is 7.98. The predicted molar refractivity (Wildman–Crippen MR) is 84.0 cm³/mol. The Kier molecular flexibility index (Phi) is 4.30. The summed E-state index contributed by atoms with van der Waals surface area (Å²) in [6, 6.07) is 5.59. The summed E-state index contributed by atoms with van der Waals surface area (Å²) in [7, 11) is 1.74. The lowest BCUT2D eigenvalue weighted by Gasteiger charge is -2.29. The number of fused-ring (bicyclic) bond motifs is 1. The molecule has 1 aliphatic carbocycles. The van der Waals surface area contributed by atoms with Gasteiger partial charge in [-0.15, -0.1) is 0 Å². The van der Waals surface area contributed by atoms with Crippen molar-refractivity contribution in [3.63, 3.8) is 0 Å². The van der Waals surface area contributed by atoms with Crippen LogP contribution >= 0.6 is 0 Å². The number of hydrogen-bond donors (Lipinski definition) is 2. The van der Waals surface area contributed by atoms with E-state index in [1.807, 2.05) is 39.0 Å². The summed E-state index contributed by atoms with van der Waals surface area (Å²) >= 11 is 0. The Morgan fingerprint density at radius 2 is 2.14 bits per heavy atom. The van der Waals surface area contributed by atoms with Gasteiger partial charge in [0.25, 0.3) is 0 Å². The molecule has 1 aromatic carbocycles. The van der Waals surface area contributed by atoms with Gasteiger partial charge in [-0.2, -0.15) is 0 Å². The fraction of sp³-hybridized carbons (Fsp3) is 0.500. The highest BCUT2D eigenvalue weighted by atomic mass is 16.6. The van der Waals surface area contributed by atoms with Gasteiger partial charge >= 0.3 is 6.09 Å². The number of amidine groups is 1. The van der Waals surface area contributed by atoms with E-state index in [0.29, 0.717) is 0 Å². The van der Waals surface area contributed by atoms with Crippen LogP contribution in [0, 0.1) is 0 Å². The van der Waals surface area contributed by atoms with Gasteiger partial charge in [-0.05, 0) is 44.7 Å². The lowest BCUT2D eigenvalue weighted by atomic mass is 10.0. The molecule has 6 nitrogen and oxygen atoms in total. The van der Waals surface area contributed by atoms with E-state index in [-0.39, 0.29) is 18.0 Å². The van der Waals surface area contributed by atoms with Crippen LogP contribution in [0.15, 0.2) is 23.4 Å². The van der Waals surface area contributed by atoms with Crippen LogP contribution in [0.4, 0.5) is 4.79 Å². The fourth-order valence-electron chi connectivity index (χ4n) is 2.79. The van der Waals surface area contributed by atoms with Gasteiger partial charge in [-0.25, -0.2) is 4.79 Å². The van der Waals surface area contributed by atoms with Gasteiger partial charge in [0, 0.05) is 12.6 Å². The molecular formula is C16H23N3O3. The number of rotatable bonds is 2. The maximum atomic E-state index is 12.2. The summed E-state index contributed by atoms with van der Waals surface area (Å²) in [6.07, 6.45) is 1.22. The first kappa shape index (κ1) is 16.1. The van der Waals surface area contributed by atoms with Crippen molar-refractivity contribution in [3.05, 3.63) is 34.9 Å². The largest absolute Gasteiger partial charge is 0.444 e. The monoisotopic (exact) mass is 305 g/mol. The molecule has 0 saturated heterocycles. The highest BCUT2D eigenvalue weighted by Gasteiger charge is 2.32. The van der Waals surface area contributed by atoms with Crippen molar-refractivity contribution in [2.24, 2.45) is 10.9 Å². The van der Waals surface area contributed by atoms with Crippen LogP contribution in [-0.4, -0.2) is 34.7 Å². The van der Waals surface area contributed by atoms with Crippen LogP contribution in [-0.2, 0) is 11.2 Å². The summed E-state index contributed by atoms with van der Waals surface area (Å²) in [6.45, 7) is 5.54. The Morgan fingerprint density at radius 3 is 2.73 bits per heavy atom. The fourth-order valence-corrected chi connectivity index (χ4v) is 2.79. The smallest absolute Gasteiger partial charge is 0.410 e. The molecule has 22 heavy (non-hydrogen) atoms. The van der Waals surface area contributed by atoms with Gasteiger partial charge in [0.1, 0.15) is 5.60 Å². The Balaban J connectivity index is 2.27. The number of nitrogens with zero attached hydrogens (tertiary/aromatic N) is 2. The zero-order chi connectivity index (χ0) is 16.5. The Morgan fingerprint density at radius 1 is 1.45 bits per heavy atom. The number of hydrogen-bond acceptors (Lipinski definition) is 4. The second kappa shape index (κ2) is 5.87. The van der Waals surface area contributed by atoms with E-state index in [9.17, 15) is 4.79 Å². The number of carbonyl (C=O) groups is 1. The predicted octanol–water partition coefficient (Wildman–Crippen LogP) is 2.64. The number of benzene rings is 1.